The predicted molar refractivity (Wildman–Crippen MR) is 220 cm³/mol. The van der Waals surface area contributed by atoms with Crippen LogP contribution >= 0.6 is 31.3 Å². The zero-order valence-corrected chi connectivity index (χ0v) is 36.7. The van der Waals surface area contributed by atoms with Gasteiger partial charge in [-0.05, 0) is 72.2 Å². The number of fused-ring (bicyclic) bond motifs is 2. The second-order valence-electron chi connectivity index (χ2n) is 15.2. The number of alkyl carbamates (subject to hydrolysis) is 1. The maximum atomic E-state index is 13.9. The maximum Gasteiger partial charge on any atom is 0.414 e. The van der Waals surface area contributed by atoms with Crippen molar-refractivity contribution in [3.63, 3.8) is 0 Å². The van der Waals surface area contributed by atoms with Crippen LogP contribution < -0.4 is 20.5 Å². The van der Waals surface area contributed by atoms with E-state index >= 15 is 0 Å². The van der Waals surface area contributed by atoms with Crippen LogP contribution in [0.5, 0.6) is 0 Å². The molecule has 4 amide bonds. The van der Waals surface area contributed by atoms with E-state index in [-0.39, 0.29) is 47.9 Å². The number of carbonyl (C=O) groups excluding carboxylic acids is 5. The number of anilines is 1. The molecule has 0 spiro atoms. The summed E-state index contributed by atoms with van der Waals surface area (Å²) in [5.41, 5.74) is 0.134. The summed E-state index contributed by atoms with van der Waals surface area (Å²) >= 11 is 2.13. The molecule has 5 heterocycles. The number of carbonyl (C=O) groups is 5. The normalized spacial score (nSPS) is 18.0. The van der Waals surface area contributed by atoms with Gasteiger partial charge in [0, 0.05) is 44.5 Å². The quantitative estimate of drug-likeness (QED) is 0.0498. The predicted octanol–water partition coefficient (Wildman–Crippen LogP) is 2.81. The molecule has 4 unspecified atom stereocenters. The molecule has 1 saturated heterocycles. The number of thioether (sulfide) groups is 1. The molecule has 1 fully saturated rings. The van der Waals surface area contributed by atoms with Crippen molar-refractivity contribution in [3.05, 3.63) is 41.8 Å². The van der Waals surface area contributed by atoms with E-state index in [1.165, 1.54) is 23.8 Å². The largest absolute Gasteiger partial charge is 0.452 e. The van der Waals surface area contributed by atoms with Crippen molar-refractivity contribution in [1.29, 1.82) is 0 Å². The maximum absolute atomic E-state index is 13.9. The van der Waals surface area contributed by atoms with Crippen molar-refractivity contribution >= 4 is 90.9 Å². The fourth-order valence-electron chi connectivity index (χ4n) is 5.86. The molecule has 59 heavy (non-hydrogen) atoms. The molecule has 5 rings (SSSR count). The Bertz CT molecular complexity index is 2130. The molecule has 0 bridgehead atoms. The number of β-lactam (4-membered cyclic amide) rings is 1. The van der Waals surface area contributed by atoms with Gasteiger partial charge < -0.3 is 38.8 Å². The van der Waals surface area contributed by atoms with Gasteiger partial charge in [-0.15, -0.1) is 11.8 Å². The van der Waals surface area contributed by atoms with Crippen molar-refractivity contribution in [2.24, 2.45) is 5.16 Å². The Morgan fingerprint density at radius 2 is 1.85 bits per heavy atom. The first-order valence-corrected chi connectivity index (χ1v) is 21.9. The highest BCUT2D eigenvalue weighted by Crippen LogP contribution is 2.42. The Labute approximate surface area is 351 Å². The number of hydrogen-bond acceptors (Lipinski definition) is 16. The van der Waals surface area contributed by atoms with Gasteiger partial charge in [-0.1, -0.05) is 5.16 Å². The Morgan fingerprint density at radius 3 is 2.51 bits per heavy atom. The molecule has 4 atom stereocenters. The molecular formula is C35H47BN10O10PS2+. The second-order valence-corrected chi connectivity index (χ2v) is 18.3. The highest BCUT2D eigenvalue weighted by atomic mass is 32.2. The van der Waals surface area contributed by atoms with Crippen molar-refractivity contribution in [2.75, 3.05) is 38.1 Å². The van der Waals surface area contributed by atoms with E-state index in [0.29, 0.717) is 17.8 Å². The third-order valence-corrected chi connectivity index (χ3v) is 10.4. The van der Waals surface area contributed by atoms with Crippen LogP contribution in [-0.4, -0.2) is 128 Å². The van der Waals surface area contributed by atoms with E-state index in [1.807, 2.05) is 21.3 Å². The van der Waals surface area contributed by atoms with Gasteiger partial charge in [-0.3, -0.25) is 19.8 Å². The number of rotatable bonds is 15. The third-order valence-electron chi connectivity index (χ3n) is 8.02. The summed E-state index contributed by atoms with van der Waals surface area (Å²) in [6, 6.07) is 2.19. The van der Waals surface area contributed by atoms with Crippen molar-refractivity contribution in [2.45, 2.75) is 90.2 Å². The Hall–Kier alpha value is -4.86. The van der Waals surface area contributed by atoms with Gasteiger partial charge in [0.2, 0.25) is 23.0 Å². The molecule has 0 aliphatic carbocycles. The third kappa shape index (κ3) is 11.7. The van der Waals surface area contributed by atoms with Gasteiger partial charge in [-0.2, -0.15) is 9.36 Å². The molecule has 2 radical (unpaired) electrons. The number of ether oxygens (including phenoxy) is 3. The van der Waals surface area contributed by atoms with Crippen LogP contribution in [0.1, 0.15) is 54.3 Å². The molecule has 3 N–H and O–H groups in total. The van der Waals surface area contributed by atoms with E-state index < -0.39 is 66.7 Å². The molecule has 24 heteroatoms. The lowest BCUT2D eigenvalue weighted by Crippen LogP contribution is -2.71. The molecular weight excluding hydrogens is 826 g/mol. The number of nitrogens with zero attached hydrogens (tertiary/aromatic N) is 7. The minimum atomic E-state index is -1.64. The number of imidazole rings is 1. The molecule has 316 valence electrons. The molecule has 0 saturated carbocycles. The van der Waals surface area contributed by atoms with E-state index in [1.54, 1.807) is 67.7 Å². The van der Waals surface area contributed by atoms with Crippen LogP contribution in [0.25, 0.3) is 11.2 Å². The molecule has 2 aliphatic heterocycles. The number of hydrogen-bond donors (Lipinski definition) is 3. The summed E-state index contributed by atoms with van der Waals surface area (Å²) in [6.45, 7) is 14.5. The fourth-order valence-corrected chi connectivity index (χ4v) is 8.10. The van der Waals surface area contributed by atoms with Gasteiger partial charge in [0.05, 0.1) is 18.8 Å². The average Bonchev–Trinajstić information content (AvgIpc) is 3.76. The highest BCUT2D eigenvalue weighted by molar-refractivity contribution is 8.00. The summed E-state index contributed by atoms with van der Waals surface area (Å²) in [6.07, 6.45) is 2.10. The summed E-state index contributed by atoms with van der Waals surface area (Å²) in [4.78, 5) is 81.3. The van der Waals surface area contributed by atoms with Crippen LogP contribution in [0.4, 0.5) is 14.7 Å². The lowest BCUT2D eigenvalue weighted by molar-refractivity contribution is -0.664. The van der Waals surface area contributed by atoms with Crippen LogP contribution in [0, 0.1) is 0 Å². The van der Waals surface area contributed by atoms with Crippen molar-refractivity contribution in [3.8, 4) is 0 Å². The zero-order valence-electron chi connectivity index (χ0n) is 34.1. The summed E-state index contributed by atoms with van der Waals surface area (Å²) in [5, 5.41) is 11.3. The molecule has 2 aliphatic rings. The second kappa shape index (κ2) is 19.0. The van der Waals surface area contributed by atoms with E-state index in [4.69, 9.17) is 31.1 Å². The molecule has 20 nitrogen and oxygen atoms in total. The van der Waals surface area contributed by atoms with Crippen molar-refractivity contribution in [1.82, 2.24) is 34.4 Å². The SMILES string of the molecule is [B]P(C)OC(=O)C1=C(C[n+]2cccc3c2ncn3CC(COC)NC(=O)OC(C)(C)C)CSC2C(NC(=O)/C(=N/OCC)c3nsc(NC(=O)OC(C)(C)C)n3)C(=O)N12. The Morgan fingerprint density at radius 1 is 1.14 bits per heavy atom. The fraction of sp³-hybridized carbons (Fsp3) is 0.543. The smallest absolute Gasteiger partial charge is 0.414 e. The lowest BCUT2D eigenvalue weighted by atomic mass is 10.0. The summed E-state index contributed by atoms with van der Waals surface area (Å²) < 4.78 is 29.4. The lowest BCUT2D eigenvalue weighted by Gasteiger charge is -2.49. The first-order valence-electron chi connectivity index (χ1n) is 18.3. The number of pyridine rings is 1. The summed E-state index contributed by atoms with van der Waals surface area (Å²) in [5.74, 6) is -2.03. The average molecular weight is 874 g/mol. The van der Waals surface area contributed by atoms with Gasteiger partial charge in [0.15, 0.2) is 7.57 Å². The van der Waals surface area contributed by atoms with Crippen LogP contribution in [-0.2, 0) is 51.0 Å². The zero-order chi connectivity index (χ0) is 43.2. The Balaban J connectivity index is 1.36. The number of oxime groups is 1. The topological polar surface area (TPSA) is 231 Å². The van der Waals surface area contributed by atoms with Gasteiger partial charge in [0.25, 0.3) is 11.8 Å². The molecule has 0 aromatic carbocycles. The van der Waals surface area contributed by atoms with Crippen LogP contribution in [0.3, 0.4) is 0 Å². The number of methoxy groups -OCH3 is 1. The highest BCUT2D eigenvalue weighted by Gasteiger charge is 2.55. The number of nitrogens with one attached hydrogen (secondary N) is 3. The minimum absolute atomic E-state index is 0.0249. The molecule has 3 aromatic heterocycles. The number of aromatic nitrogens is 5. The van der Waals surface area contributed by atoms with E-state index in [0.717, 1.165) is 17.0 Å². The van der Waals surface area contributed by atoms with E-state index in [9.17, 15) is 24.0 Å². The molecule has 3 aromatic rings. The first kappa shape index (κ1) is 45.2. The first-order chi connectivity index (χ1) is 27.8. The van der Waals surface area contributed by atoms with Gasteiger partial charge in [-0.25, -0.2) is 19.0 Å². The van der Waals surface area contributed by atoms with Gasteiger partial charge >= 0.3 is 23.8 Å². The van der Waals surface area contributed by atoms with Crippen molar-refractivity contribution < 1.29 is 52.1 Å². The van der Waals surface area contributed by atoms with Gasteiger partial charge in [0.1, 0.15) is 47.0 Å². The standard InChI is InChI=1S/C35H46BN10O10PS2/c1-10-53-42-22(25-40-31(59-43-25)41-33(51)55-35(5,6)7)27(47)39-23-28(48)46-24(30(49)56-57(9)36)19(17-58-29(23)46)14-44-13-11-12-21-26(44)37-18-45(21)15-20(16-52-8)38-32(50)54-34(2,3)4/h11-13,18,20,23,29H,10,14-17H2,1-9H3,(H2-,38,39,40,41,43,47,50,51)/p+1/b42-22+. The Kier molecular flexibility index (Phi) is 14.6. The van der Waals surface area contributed by atoms with E-state index in [2.05, 4.69) is 35.4 Å². The van der Waals surface area contributed by atoms with Crippen LogP contribution in [0.15, 0.2) is 41.1 Å². The number of amides is 4. The van der Waals surface area contributed by atoms with Crippen LogP contribution in [0.2, 0.25) is 0 Å². The monoisotopic (exact) mass is 873 g/mol. The summed E-state index contributed by atoms with van der Waals surface area (Å²) in [7, 11) is 5.81. The minimum Gasteiger partial charge on any atom is -0.452 e.